The SMILES string of the molecule is CCc1ccc([C@H]2Sc3cc(C)ccc3N(CCN(C)C)C(=O)[C@H]2OC(C)=O)cc1.O=C(O)/C=C\C(=O)O. The molecule has 1 aliphatic heterocycles. The van der Waals surface area contributed by atoms with Crippen molar-refractivity contribution in [2.75, 3.05) is 32.1 Å². The molecule has 1 aliphatic rings. The standard InChI is InChI=1S/C24H30N2O3S.C4H4O4/c1-6-18-8-10-19(11-9-18)23-22(29-17(3)27)24(28)26(14-13-25(4)5)20-12-7-16(2)15-21(20)30-23;5-3(6)1-2-4(7)8/h7-12,15,22-23H,6,13-14H2,1-5H3;1-2H,(H,5,6)(H,7,8)/b;2-1-/t22-,23+;/m0./s1. The maximum Gasteiger partial charge on any atom is 0.328 e. The molecule has 2 aromatic carbocycles. The Morgan fingerprint density at radius 3 is 2.16 bits per heavy atom. The number of carbonyl (C=O) groups is 4. The van der Waals surface area contributed by atoms with E-state index in [2.05, 4.69) is 25.1 Å². The van der Waals surface area contributed by atoms with Gasteiger partial charge >= 0.3 is 17.9 Å². The van der Waals surface area contributed by atoms with E-state index in [4.69, 9.17) is 14.9 Å². The Hall–Kier alpha value is -3.63. The fourth-order valence-corrected chi connectivity index (χ4v) is 5.10. The molecule has 0 saturated carbocycles. The number of nitrogens with zero attached hydrogens (tertiary/aromatic N) is 2. The normalized spacial score (nSPS) is 16.9. The second-order valence-electron chi connectivity index (χ2n) is 8.94. The predicted octanol–water partition coefficient (Wildman–Crippen LogP) is 3.94. The maximum atomic E-state index is 13.7. The van der Waals surface area contributed by atoms with E-state index in [-0.39, 0.29) is 11.2 Å². The topological polar surface area (TPSA) is 124 Å². The van der Waals surface area contributed by atoms with Gasteiger partial charge in [0.2, 0.25) is 0 Å². The number of thioether (sulfide) groups is 1. The van der Waals surface area contributed by atoms with Gasteiger partial charge in [-0.05, 0) is 56.3 Å². The molecule has 2 N–H and O–H groups in total. The third-order valence-corrected chi connectivity index (χ3v) is 6.95. The quantitative estimate of drug-likeness (QED) is 0.377. The minimum atomic E-state index is -1.26. The summed E-state index contributed by atoms with van der Waals surface area (Å²) in [6.45, 7) is 6.77. The zero-order valence-electron chi connectivity index (χ0n) is 22.2. The number of carbonyl (C=O) groups excluding carboxylic acids is 2. The van der Waals surface area contributed by atoms with Crippen LogP contribution in [0.25, 0.3) is 0 Å². The molecule has 0 fully saturated rings. The molecule has 0 unspecified atom stereocenters. The second kappa shape index (κ2) is 14.3. The average Bonchev–Trinajstić information content (AvgIpc) is 2.96. The molecule has 0 aromatic heterocycles. The largest absolute Gasteiger partial charge is 0.478 e. The number of aliphatic carboxylic acids is 2. The number of amides is 1. The number of carboxylic acid groups (broad SMARTS) is 2. The Balaban J connectivity index is 0.000000550. The number of likely N-dealkylation sites (N-methyl/N-ethyl adjacent to an activating group) is 1. The molecule has 1 heterocycles. The van der Waals surface area contributed by atoms with Gasteiger partial charge in [-0.15, -0.1) is 11.8 Å². The Labute approximate surface area is 227 Å². The van der Waals surface area contributed by atoms with Crippen LogP contribution in [0.4, 0.5) is 5.69 Å². The van der Waals surface area contributed by atoms with E-state index in [0.29, 0.717) is 25.2 Å². The molecule has 0 spiro atoms. The van der Waals surface area contributed by atoms with Gasteiger partial charge in [-0.3, -0.25) is 9.59 Å². The zero-order valence-corrected chi connectivity index (χ0v) is 23.0. The van der Waals surface area contributed by atoms with Crippen molar-refractivity contribution < 1.29 is 34.1 Å². The van der Waals surface area contributed by atoms with Crippen LogP contribution in [0, 0.1) is 6.92 Å². The number of ether oxygens (including phenoxy) is 1. The molecule has 3 rings (SSSR count). The molecule has 38 heavy (non-hydrogen) atoms. The number of hydrogen-bond acceptors (Lipinski definition) is 7. The van der Waals surface area contributed by atoms with Gasteiger partial charge in [0.25, 0.3) is 5.91 Å². The Morgan fingerprint density at radius 2 is 1.66 bits per heavy atom. The number of anilines is 1. The average molecular weight is 543 g/mol. The smallest absolute Gasteiger partial charge is 0.328 e. The van der Waals surface area contributed by atoms with E-state index in [1.807, 2.05) is 50.2 Å². The molecule has 204 valence electrons. The number of aryl methyl sites for hydroxylation is 2. The summed E-state index contributed by atoms with van der Waals surface area (Å²) >= 11 is 1.60. The first-order valence-electron chi connectivity index (χ1n) is 12.1. The first-order valence-corrected chi connectivity index (χ1v) is 12.9. The Morgan fingerprint density at radius 1 is 1.05 bits per heavy atom. The molecule has 0 radical (unpaired) electrons. The Kier molecular flexibility index (Phi) is 11.5. The summed E-state index contributed by atoms with van der Waals surface area (Å²) < 4.78 is 5.64. The lowest BCUT2D eigenvalue weighted by atomic mass is 10.0. The van der Waals surface area contributed by atoms with Crippen molar-refractivity contribution in [3.8, 4) is 0 Å². The number of hydrogen-bond donors (Lipinski definition) is 2. The Bertz CT molecular complexity index is 1160. The van der Waals surface area contributed by atoms with E-state index >= 15 is 0 Å². The first-order chi connectivity index (χ1) is 17.9. The van der Waals surface area contributed by atoms with Crippen LogP contribution in [-0.4, -0.2) is 72.2 Å². The lowest BCUT2D eigenvalue weighted by Crippen LogP contribution is -2.45. The van der Waals surface area contributed by atoms with Crippen molar-refractivity contribution in [3.63, 3.8) is 0 Å². The predicted molar refractivity (Wildman–Crippen MR) is 146 cm³/mol. The molecule has 2 atom stereocenters. The molecule has 2 aromatic rings. The van der Waals surface area contributed by atoms with Gasteiger partial charge in [-0.1, -0.05) is 37.3 Å². The molecule has 10 heteroatoms. The summed E-state index contributed by atoms with van der Waals surface area (Å²) in [5.74, 6) is -3.13. The highest BCUT2D eigenvalue weighted by molar-refractivity contribution is 7.99. The van der Waals surface area contributed by atoms with E-state index < -0.39 is 24.0 Å². The van der Waals surface area contributed by atoms with E-state index in [1.165, 1.54) is 12.5 Å². The van der Waals surface area contributed by atoms with E-state index in [1.54, 1.807) is 16.7 Å². The van der Waals surface area contributed by atoms with E-state index in [0.717, 1.165) is 28.1 Å². The molecular weight excluding hydrogens is 508 g/mol. The van der Waals surface area contributed by atoms with Crippen LogP contribution in [0.15, 0.2) is 59.5 Å². The first kappa shape index (κ1) is 30.6. The molecule has 9 nitrogen and oxygen atoms in total. The number of rotatable bonds is 8. The molecule has 1 amide bonds. The molecular formula is C28H34N2O7S. The van der Waals surface area contributed by atoms with Crippen LogP contribution in [-0.2, 0) is 30.3 Å². The summed E-state index contributed by atoms with van der Waals surface area (Å²) in [5, 5.41) is 15.3. The van der Waals surface area contributed by atoms with Crippen LogP contribution >= 0.6 is 11.8 Å². The van der Waals surface area contributed by atoms with Gasteiger partial charge in [0, 0.05) is 37.1 Å². The lowest BCUT2D eigenvalue weighted by molar-refractivity contribution is -0.152. The van der Waals surface area contributed by atoms with Gasteiger partial charge in [-0.25, -0.2) is 9.59 Å². The summed E-state index contributed by atoms with van der Waals surface area (Å²) in [6.07, 6.45) is 1.19. The molecule has 0 saturated heterocycles. The fourth-order valence-electron chi connectivity index (χ4n) is 3.69. The van der Waals surface area contributed by atoms with Crippen molar-refractivity contribution in [2.24, 2.45) is 0 Å². The van der Waals surface area contributed by atoms with Gasteiger partial charge in [0.05, 0.1) is 10.9 Å². The number of esters is 1. The summed E-state index contributed by atoms with van der Waals surface area (Å²) in [6, 6.07) is 14.4. The van der Waals surface area contributed by atoms with Gasteiger partial charge in [0.1, 0.15) is 0 Å². The van der Waals surface area contributed by atoms with Crippen molar-refractivity contribution in [1.82, 2.24) is 4.90 Å². The minimum Gasteiger partial charge on any atom is -0.478 e. The lowest BCUT2D eigenvalue weighted by Gasteiger charge is -2.28. The third-order valence-electron chi connectivity index (χ3n) is 5.59. The minimum absolute atomic E-state index is 0.174. The fraction of sp³-hybridized carbons (Fsp3) is 0.357. The van der Waals surface area contributed by atoms with Crippen LogP contribution in [0.1, 0.15) is 35.8 Å². The summed E-state index contributed by atoms with van der Waals surface area (Å²) in [7, 11) is 3.96. The van der Waals surface area contributed by atoms with Gasteiger partial charge < -0.3 is 24.7 Å². The van der Waals surface area contributed by atoms with Crippen LogP contribution < -0.4 is 4.90 Å². The molecule has 0 aliphatic carbocycles. The molecule has 0 bridgehead atoms. The van der Waals surface area contributed by atoms with E-state index in [9.17, 15) is 19.2 Å². The van der Waals surface area contributed by atoms with Crippen LogP contribution in [0.2, 0.25) is 0 Å². The maximum absolute atomic E-state index is 13.7. The zero-order chi connectivity index (χ0) is 28.4. The highest BCUT2D eigenvalue weighted by Crippen LogP contribution is 2.47. The van der Waals surface area contributed by atoms with Crippen LogP contribution in [0.5, 0.6) is 0 Å². The van der Waals surface area contributed by atoms with Crippen molar-refractivity contribution in [3.05, 3.63) is 71.3 Å². The number of benzene rings is 2. The van der Waals surface area contributed by atoms with Crippen molar-refractivity contribution in [1.29, 1.82) is 0 Å². The summed E-state index contributed by atoms with van der Waals surface area (Å²) in [5.41, 5.74) is 4.23. The van der Waals surface area contributed by atoms with Crippen molar-refractivity contribution in [2.45, 2.75) is 43.4 Å². The summed E-state index contributed by atoms with van der Waals surface area (Å²) in [4.78, 5) is 49.6. The highest BCUT2D eigenvalue weighted by atomic mass is 32.2. The third kappa shape index (κ3) is 9.04. The van der Waals surface area contributed by atoms with Gasteiger partial charge in [0.15, 0.2) is 6.10 Å². The number of fused-ring (bicyclic) bond motifs is 1. The van der Waals surface area contributed by atoms with Crippen LogP contribution in [0.3, 0.4) is 0 Å². The highest BCUT2D eigenvalue weighted by Gasteiger charge is 2.40. The van der Waals surface area contributed by atoms with Gasteiger partial charge in [-0.2, -0.15) is 0 Å². The monoisotopic (exact) mass is 542 g/mol. The number of carboxylic acids is 2. The van der Waals surface area contributed by atoms with Crippen molar-refractivity contribution >= 4 is 41.3 Å². The second-order valence-corrected chi connectivity index (χ2v) is 10.1.